The number of esters is 1. The number of rotatable bonds is 26. The number of carboxylic acid groups (broad SMARTS) is 2. The number of carbonyl (C=O) groups is 12. The van der Waals surface area contributed by atoms with Crippen molar-refractivity contribution in [1.29, 1.82) is 0 Å². The third-order valence-corrected chi connectivity index (χ3v) is 13.3. The largest absolute Gasteiger partial charge is 0.494 e. The van der Waals surface area contributed by atoms with Crippen molar-refractivity contribution in [3.63, 3.8) is 0 Å². The van der Waals surface area contributed by atoms with E-state index >= 15 is 0 Å². The van der Waals surface area contributed by atoms with Crippen LogP contribution in [0.1, 0.15) is 97.0 Å². The molecular weight excluding hydrogens is 1160 g/mol. The van der Waals surface area contributed by atoms with Gasteiger partial charge in [0.25, 0.3) is 5.91 Å². The number of unbranched alkanes of at least 4 members (excludes halogenated alkanes) is 4. The van der Waals surface area contributed by atoms with Crippen molar-refractivity contribution < 1.29 is 97.6 Å². The van der Waals surface area contributed by atoms with Gasteiger partial charge in [-0.25, -0.2) is 9.59 Å². The number of benzene rings is 1. The second kappa shape index (κ2) is 39.2. The number of alkyl halides is 1. The lowest BCUT2D eigenvalue weighted by Gasteiger charge is -2.28. The van der Waals surface area contributed by atoms with Crippen LogP contribution in [0.5, 0.6) is 5.75 Å². The van der Waals surface area contributed by atoms with E-state index in [1.165, 1.54) is 0 Å². The van der Waals surface area contributed by atoms with Crippen LogP contribution in [0.15, 0.2) is 36.0 Å². The van der Waals surface area contributed by atoms with Crippen molar-refractivity contribution >= 4 is 82.7 Å². The van der Waals surface area contributed by atoms with Crippen LogP contribution in [0.4, 0.5) is 0 Å². The third kappa shape index (κ3) is 25.9. The van der Waals surface area contributed by atoms with E-state index in [4.69, 9.17) is 38.3 Å². The van der Waals surface area contributed by atoms with Crippen LogP contribution in [0, 0.1) is 0 Å². The first-order chi connectivity index (χ1) is 40.7. The maximum atomic E-state index is 14.3. The van der Waals surface area contributed by atoms with Gasteiger partial charge in [-0.3, -0.25) is 47.9 Å². The average molecular weight is 1240 g/mol. The highest BCUT2D eigenvalue weighted by atomic mass is 35.5. The molecule has 1 aliphatic heterocycles. The second-order valence-corrected chi connectivity index (χ2v) is 20.3. The van der Waals surface area contributed by atoms with Gasteiger partial charge in [0.2, 0.25) is 47.3 Å². The van der Waals surface area contributed by atoms with Crippen LogP contribution in [-0.2, 0) is 68.7 Å². The van der Waals surface area contributed by atoms with Gasteiger partial charge in [0, 0.05) is 0 Å². The number of carboxylic acids is 2. The number of nitrogens with two attached hydrogens (primary N) is 3. The molecule has 0 saturated carbocycles. The smallest absolute Gasteiger partial charge is 0.335 e. The van der Waals surface area contributed by atoms with Crippen LogP contribution >= 0.6 is 11.6 Å². The number of halogens is 1. The standard InChI is InChI=1S/C53H83ClN12O20/c1-4-6-7-10-20-85-30-13-11-12-28(22-30)21-29(68)23-38(70)58-36-26-86-53(84)41(37(69)25-54)65-51(81)42(43(73)52(82)83)66-44(74)31(5-2)59-50(80)40(27(3)67)64-47(77)34(16-19-57)61-45(75)32(14-8-9-17-55)60-48(78)35(24-39(71)72)63-46(76)33(15-18-56)62-49(36)79/h5,11-13,22,27,29,32-37,40-43,67-69,73H,4,6-10,14-21,23-26,55-57H2,1-3H3,(H,58,70)(H,59,80)(H,60,78)(H,61,75)(H,62,79)(H,63,76)(H,64,77)(H,65,81)(H,66,74)(H,71,72)(H,82,83)/b31-5-/t27-,29?,32-,33-,34-,35-,36+,37-,40+,41-,42+,43+/m1/s1. The average Bonchev–Trinajstić information content (AvgIpc) is 3.52. The molecule has 12 atom stereocenters. The normalized spacial score (nSPS) is 24.0. The molecule has 1 aromatic carbocycles. The number of aliphatic carboxylic acids is 2. The molecule has 1 heterocycles. The topological polar surface area (TPSA) is 531 Å². The zero-order valence-electron chi connectivity index (χ0n) is 48.1. The van der Waals surface area contributed by atoms with Gasteiger partial charge < -0.3 is 105 Å². The molecular formula is C53H83ClN12O20. The highest BCUT2D eigenvalue weighted by Crippen LogP contribution is 2.17. The van der Waals surface area contributed by atoms with E-state index in [9.17, 15) is 88.2 Å². The Kier molecular flexibility index (Phi) is 33.9. The Balaban J connectivity index is 2.80. The van der Waals surface area contributed by atoms with Crippen molar-refractivity contribution in [3.05, 3.63) is 41.6 Å². The zero-order chi connectivity index (χ0) is 64.6. The minimum Gasteiger partial charge on any atom is -0.494 e. The highest BCUT2D eigenvalue weighted by Gasteiger charge is 2.41. The minimum atomic E-state index is -2.85. The number of carbonyl (C=O) groups excluding carboxylic acids is 10. The Morgan fingerprint density at radius 2 is 1.29 bits per heavy atom. The first-order valence-corrected chi connectivity index (χ1v) is 28.4. The minimum absolute atomic E-state index is 0.114. The van der Waals surface area contributed by atoms with Crippen LogP contribution in [0.2, 0.25) is 0 Å². The van der Waals surface area contributed by atoms with E-state index in [0.29, 0.717) is 17.9 Å². The lowest BCUT2D eigenvalue weighted by atomic mass is 10.0. The van der Waals surface area contributed by atoms with E-state index in [-0.39, 0.29) is 51.7 Å². The molecule has 1 aliphatic rings. The van der Waals surface area contributed by atoms with Gasteiger partial charge in [-0.05, 0) is 96.1 Å². The van der Waals surface area contributed by atoms with E-state index < -0.39 is 181 Å². The summed E-state index contributed by atoms with van der Waals surface area (Å²) in [4.78, 5) is 163. The summed E-state index contributed by atoms with van der Waals surface area (Å²) < 4.78 is 11.1. The predicted molar refractivity (Wildman–Crippen MR) is 303 cm³/mol. The van der Waals surface area contributed by atoms with Gasteiger partial charge in [-0.15, -0.1) is 11.6 Å². The molecule has 32 nitrogen and oxygen atoms in total. The van der Waals surface area contributed by atoms with Gasteiger partial charge in [0.05, 0.1) is 43.6 Å². The van der Waals surface area contributed by atoms with Gasteiger partial charge in [0.1, 0.15) is 60.3 Å². The van der Waals surface area contributed by atoms with E-state index in [0.717, 1.165) is 45.6 Å². The maximum absolute atomic E-state index is 14.3. The number of hydrogen-bond donors (Lipinski definition) is 18. The Morgan fingerprint density at radius 3 is 1.85 bits per heavy atom. The molecule has 482 valence electrons. The molecule has 9 amide bonds. The SMILES string of the molecule is C/C=C1\NC(=O)[C@H]([C@@H](C)O)NC(=O)[C@@H](CCN)NC(=O)[C@@H](CCCCN)NC(=O)[C@@H](CC(=O)O)NC(=O)[C@@H](CCN)NC(=O)[C@@H](NC(=O)CC(O)Cc2cccc(OCCCCCC)c2)COC(=O)[C@@H]([C@H](O)CCl)NC(=O)[C@H]([C@H](O)C(=O)O)NC1=O. The molecule has 0 aromatic heterocycles. The Bertz CT molecular complexity index is 2510. The second-order valence-electron chi connectivity index (χ2n) is 20.0. The number of aliphatic hydroxyl groups is 4. The van der Waals surface area contributed by atoms with Crippen LogP contribution in [0.25, 0.3) is 0 Å². The molecule has 2 rings (SSSR count). The fourth-order valence-electron chi connectivity index (χ4n) is 8.26. The Morgan fingerprint density at radius 1 is 0.709 bits per heavy atom. The first kappa shape index (κ1) is 74.5. The monoisotopic (exact) mass is 1240 g/mol. The van der Waals surface area contributed by atoms with E-state index in [2.05, 4.69) is 44.1 Å². The molecule has 1 aromatic rings. The molecule has 1 unspecified atom stereocenters. The van der Waals surface area contributed by atoms with Crippen molar-refractivity contribution in [2.24, 2.45) is 17.2 Å². The van der Waals surface area contributed by atoms with Gasteiger partial charge in [0.15, 0.2) is 12.1 Å². The van der Waals surface area contributed by atoms with Crippen LogP contribution < -0.4 is 69.8 Å². The highest BCUT2D eigenvalue weighted by molar-refractivity contribution is 6.18. The zero-order valence-corrected chi connectivity index (χ0v) is 48.8. The number of allylic oxidation sites excluding steroid dienone is 1. The molecule has 0 radical (unpaired) electrons. The molecule has 1 saturated heterocycles. The summed E-state index contributed by atoms with van der Waals surface area (Å²) in [5.41, 5.74) is 17.0. The number of amides is 9. The molecule has 0 aliphatic carbocycles. The Hall–Kier alpha value is -7.59. The number of aliphatic hydroxyl groups excluding tert-OH is 4. The van der Waals surface area contributed by atoms with Gasteiger partial charge >= 0.3 is 17.9 Å². The molecule has 1 fully saturated rings. The van der Waals surface area contributed by atoms with Crippen molar-refractivity contribution in [1.82, 2.24) is 47.9 Å². The summed E-state index contributed by atoms with van der Waals surface area (Å²) >= 11 is 5.87. The number of hydrogen-bond acceptors (Lipinski definition) is 21. The summed E-state index contributed by atoms with van der Waals surface area (Å²) in [6, 6.07) is -9.32. The van der Waals surface area contributed by atoms with Crippen LogP contribution in [0.3, 0.4) is 0 Å². The summed E-state index contributed by atoms with van der Waals surface area (Å²) in [7, 11) is 0. The lowest BCUT2D eigenvalue weighted by Crippen LogP contribution is -2.62. The summed E-state index contributed by atoms with van der Waals surface area (Å²) in [6.07, 6.45) is -6.02. The number of nitrogens with one attached hydrogen (secondary N) is 9. The quantitative estimate of drug-likeness (QED) is 0.0178. The van der Waals surface area contributed by atoms with E-state index in [1.807, 2.05) is 10.6 Å². The van der Waals surface area contributed by atoms with Crippen molar-refractivity contribution in [2.45, 2.75) is 171 Å². The third-order valence-electron chi connectivity index (χ3n) is 13.0. The maximum Gasteiger partial charge on any atom is 0.335 e. The predicted octanol–water partition coefficient (Wildman–Crippen LogP) is -5.88. The summed E-state index contributed by atoms with van der Waals surface area (Å²) in [6.45, 7) is 2.90. The summed E-state index contributed by atoms with van der Waals surface area (Å²) in [5.74, 6) is -17.5. The molecule has 21 N–H and O–H groups in total. The number of cyclic esters (lactones) is 1. The molecule has 0 bridgehead atoms. The van der Waals surface area contributed by atoms with Gasteiger partial charge in [-0.2, -0.15) is 0 Å². The molecule has 86 heavy (non-hydrogen) atoms. The van der Waals surface area contributed by atoms with Gasteiger partial charge in [-0.1, -0.05) is 44.4 Å². The molecule has 33 heteroatoms. The lowest BCUT2D eigenvalue weighted by molar-refractivity contribution is -0.155. The van der Waals surface area contributed by atoms with Crippen molar-refractivity contribution in [3.8, 4) is 5.75 Å². The van der Waals surface area contributed by atoms with E-state index in [1.54, 1.807) is 24.3 Å². The van der Waals surface area contributed by atoms with Crippen molar-refractivity contribution in [2.75, 3.05) is 38.7 Å². The fraction of sp³-hybridized carbons (Fsp3) is 0.623. The molecule has 0 spiro atoms. The van der Waals surface area contributed by atoms with Crippen LogP contribution in [-0.4, -0.2) is 213 Å². The summed E-state index contributed by atoms with van der Waals surface area (Å²) in [5, 5.41) is 82.5. The fourth-order valence-corrected chi connectivity index (χ4v) is 8.44. The Labute approximate surface area is 500 Å². The number of ether oxygens (including phenoxy) is 2. The first-order valence-electron chi connectivity index (χ1n) is 27.9.